The first kappa shape index (κ1) is 33.7. The van der Waals surface area contributed by atoms with Gasteiger partial charge in [0.15, 0.2) is 8.32 Å². The summed E-state index contributed by atoms with van der Waals surface area (Å²) < 4.78 is 25.2. The highest BCUT2D eigenvalue weighted by atomic mass is 28.4. The quantitative estimate of drug-likeness (QED) is 0.103. The molecule has 0 spiro atoms. The maximum Gasteiger partial charge on any atom is 0.410 e. The lowest BCUT2D eigenvalue weighted by atomic mass is 10.1. The van der Waals surface area contributed by atoms with Gasteiger partial charge in [0.1, 0.15) is 18.8 Å². The topological polar surface area (TPSA) is 57.2 Å². The number of allylic oxidation sites excluding steroid dienone is 1. The van der Waals surface area contributed by atoms with Crippen LogP contribution in [0.15, 0.2) is 103 Å². The summed E-state index contributed by atoms with van der Waals surface area (Å²) in [5, 5.41) is 0.186. The Hall–Kier alpha value is -3.23. The fourth-order valence-corrected chi connectivity index (χ4v) is 5.99. The second kappa shape index (κ2) is 16.2. The van der Waals surface area contributed by atoms with Crippen molar-refractivity contribution in [3.8, 4) is 0 Å². The smallest absolute Gasteiger partial charge is 0.410 e. The maximum atomic E-state index is 13.6. The number of amides is 1. The molecule has 1 saturated heterocycles. The predicted molar refractivity (Wildman–Crippen MR) is 179 cm³/mol. The van der Waals surface area contributed by atoms with Crippen LogP contribution in [0.4, 0.5) is 4.79 Å². The van der Waals surface area contributed by atoms with Crippen LogP contribution in [0.3, 0.4) is 0 Å². The molecule has 0 N–H and O–H groups in total. The average Bonchev–Trinajstić information content (AvgIpc) is 3.37. The van der Waals surface area contributed by atoms with Crippen molar-refractivity contribution < 1.29 is 23.4 Å². The number of benzene rings is 3. The summed E-state index contributed by atoms with van der Waals surface area (Å²) in [4.78, 5) is 15.3. The molecule has 0 saturated carbocycles. The number of hydrogen-bond acceptors (Lipinski definition) is 5. The SMILES string of the molecule is CC(C)(C)[Si](C)(C)OCCC/C=C/[C@@H]1[C@@H](OCc2ccccc2)[C@H](OCc2ccccc2)CN1C(=O)OCc1ccccc1. The summed E-state index contributed by atoms with van der Waals surface area (Å²) in [6.45, 7) is 13.5. The third-order valence-corrected chi connectivity index (χ3v) is 13.1. The Morgan fingerprint density at radius 2 is 1.34 bits per heavy atom. The van der Waals surface area contributed by atoms with E-state index in [0.717, 1.165) is 36.1 Å². The van der Waals surface area contributed by atoms with Crippen molar-refractivity contribution in [2.24, 2.45) is 0 Å². The van der Waals surface area contributed by atoms with Gasteiger partial charge in [-0.05, 0) is 47.7 Å². The highest BCUT2D eigenvalue weighted by Gasteiger charge is 2.45. The van der Waals surface area contributed by atoms with E-state index in [9.17, 15) is 4.79 Å². The van der Waals surface area contributed by atoms with Gasteiger partial charge in [-0.15, -0.1) is 0 Å². The summed E-state index contributed by atoms with van der Waals surface area (Å²) in [7, 11) is -1.78. The molecule has 1 fully saturated rings. The van der Waals surface area contributed by atoms with Crippen LogP contribution in [0.5, 0.6) is 0 Å². The largest absolute Gasteiger partial charge is 0.445 e. The zero-order chi connectivity index (χ0) is 31.4. The molecule has 3 atom stereocenters. The fourth-order valence-electron chi connectivity index (χ4n) is 4.91. The molecular weight excluding hydrogens is 566 g/mol. The molecule has 1 heterocycles. The van der Waals surface area contributed by atoms with Gasteiger partial charge in [0.2, 0.25) is 0 Å². The van der Waals surface area contributed by atoms with E-state index < -0.39 is 8.32 Å². The van der Waals surface area contributed by atoms with Crippen LogP contribution >= 0.6 is 0 Å². The van der Waals surface area contributed by atoms with Gasteiger partial charge < -0.3 is 18.6 Å². The summed E-state index contributed by atoms with van der Waals surface area (Å²) in [6, 6.07) is 29.6. The van der Waals surface area contributed by atoms with E-state index in [1.165, 1.54) is 0 Å². The van der Waals surface area contributed by atoms with Gasteiger partial charge in [-0.2, -0.15) is 0 Å². The highest BCUT2D eigenvalue weighted by Crippen LogP contribution is 2.36. The number of rotatable bonds is 14. The van der Waals surface area contributed by atoms with Gasteiger partial charge in [0.25, 0.3) is 0 Å². The van der Waals surface area contributed by atoms with Gasteiger partial charge in [-0.1, -0.05) is 124 Å². The lowest BCUT2D eigenvalue weighted by molar-refractivity contribution is -0.0659. The molecule has 1 aliphatic rings. The van der Waals surface area contributed by atoms with Crippen molar-refractivity contribution in [2.75, 3.05) is 13.2 Å². The second-order valence-electron chi connectivity index (χ2n) is 13.0. The Bertz CT molecular complexity index is 1290. The van der Waals surface area contributed by atoms with E-state index in [2.05, 4.69) is 46.0 Å². The number of unbranched alkanes of at least 4 members (excludes halogenated alkanes) is 1. The Balaban J connectivity index is 1.49. The third-order valence-electron chi connectivity index (χ3n) is 8.59. The van der Waals surface area contributed by atoms with Crippen LogP contribution in [0, 0.1) is 0 Å². The summed E-state index contributed by atoms with van der Waals surface area (Å²) in [6.07, 6.45) is 4.95. The van der Waals surface area contributed by atoms with Gasteiger partial charge in [0.05, 0.1) is 25.8 Å². The molecule has 0 radical (unpaired) electrons. The van der Waals surface area contributed by atoms with Crippen molar-refractivity contribution in [3.63, 3.8) is 0 Å². The maximum absolute atomic E-state index is 13.6. The average molecular weight is 616 g/mol. The van der Waals surface area contributed by atoms with E-state index in [-0.39, 0.29) is 36.0 Å². The fraction of sp³-hybridized carbons (Fsp3) is 0.432. The minimum atomic E-state index is -1.78. The van der Waals surface area contributed by atoms with Crippen LogP contribution in [0.2, 0.25) is 18.1 Å². The number of nitrogens with zero attached hydrogens (tertiary/aromatic N) is 1. The van der Waals surface area contributed by atoms with E-state index in [1.807, 2.05) is 91.0 Å². The van der Waals surface area contributed by atoms with E-state index in [1.54, 1.807) is 4.90 Å². The number of likely N-dealkylation sites (tertiary alicyclic amines) is 1. The zero-order valence-electron chi connectivity index (χ0n) is 27.0. The monoisotopic (exact) mass is 615 g/mol. The molecule has 6 nitrogen and oxygen atoms in total. The first-order valence-corrected chi connectivity index (χ1v) is 18.6. The van der Waals surface area contributed by atoms with Gasteiger partial charge in [0, 0.05) is 6.61 Å². The van der Waals surface area contributed by atoms with Crippen molar-refractivity contribution >= 4 is 14.4 Å². The summed E-state index contributed by atoms with van der Waals surface area (Å²) in [5.74, 6) is 0. The van der Waals surface area contributed by atoms with Crippen LogP contribution in [0.1, 0.15) is 50.3 Å². The molecule has 4 rings (SSSR count). The molecule has 236 valence electrons. The van der Waals surface area contributed by atoms with Crippen LogP contribution in [-0.2, 0) is 38.5 Å². The van der Waals surface area contributed by atoms with Crippen molar-refractivity contribution in [3.05, 3.63) is 120 Å². The minimum Gasteiger partial charge on any atom is -0.445 e. The number of hydrogen-bond donors (Lipinski definition) is 0. The molecule has 0 unspecified atom stereocenters. The van der Waals surface area contributed by atoms with Crippen LogP contribution in [0.25, 0.3) is 0 Å². The lowest BCUT2D eigenvalue weighted by Crippen LogP contribution is -2.41. The van der Waals surface area contributed by atoms with Gasteiger partial charge in [-0.25, -0.2) is 4.79 Å². The molecule has 1 aliphatic heterocycles. The van der Waals surface area contributed by atoms with Gasteiger partial charge >= 0.3 is 6.09 Å². The predicted octanol–water partition coefficient (Wildman–Crippen LogP) is 8.54. The van der Waals surface area contributed by atoms with E-state index >= 15 is 0 Å². The standard InChI is InChI=1S/C37H49NO5Si/c1-37(2,3)44(4,5)43-25-17-9-16-24-33-35(41-28-31-20-12-7-13-21-31)34(40-27-30-18-10-6-11-19-30)26-38(33)36(39)42-29-32-22-14-8-15-23-32/h6-8,10-16,18-24,33-35H,9,17,25-29H2,1-5H3/b24-16+/t33-,34-,35-/m1/s1. The Kier molecular flexibility index (Phi) is 12.4. The van der Waals surface area contributed by atoms with Crippen molar-refractivity contribution in [1.82, 2.24) is 4.90 Å². The number of carbonyl (C=O) groups excluding carboxylic acids is 1. The first-order chi connectivity index (χ1) is 21.1. The molecular formula is C37H49NO5Si. The Morgan fingerprint density at radius 1 is 0.818 bits per heavy atom. The molecule has 1 amide bonds. The minimum absolute atomic E-state index is 0.186. The van der Waals surface area contributed by atoms with Crippen molar-refractivity contribution in [2.45, 2.75) is 89.8 Å². The zero-order valence-corrected chi connectivity index (χ0v) is 28.0. The van der Waals surface area contributed by atoms with E-state index in [0.29, 0.717) is 19.8 Å². The van der Waals surface area contributed by atoms with E-state index in [4.69, 9.17) is 18.6 Å². The molecule has 0 aromatic heterocycles. The molecule has 3 aromatic carbocycles. The summed E-state index contributed by atoms with van der Waals surface area (Å²) >= 11 is 0. The van der Waals surface area contributed by atoms with Crippen LogP contribution in [-0.4, -0.2) is 50.7 Å². The van der Waals surface area contributed by atoms with Gasteiger partial charge in [-0.3, -0.25) is 4.90 Å². The Morgan fingerprint density at radius 3 is 1.89 bits per heavy atom. The first-order valence-electron chi connectivity index (χ1n) is 15.7. The molecule has 44 heavy (non-hydrogen) atoms. The van der Waals surface area contributed by atoms with Crippen molar-refractivity contribution in [1.29, 1.82) is 0 Å². The Labute approximate surface area is 265 Å². The molecule has 3 aromatic rings. The molecule has 7 heteroatoms. The lowest BCUT2D eigenvalue weighted by Gasteiger charge is -2.36. The normalized spacial score (nSPS) is 19.0. The molecule has 0 bridgehead atoms. The molecule has 0 aliphatic carbocycles. The second-order valence-corrected chi connectivity index (χ2v) is 17.8. The number of ether oxygens (including phenoxy) is 3. The third kappa shape index (κ3) is 9.89. The highest BCUT2D eigenvalue weighted by molar-refractivity contribution is 6.74. The number of carbonyl (C=O) groups is 1. The van der Waals surface area contributed by atoms with Crippen LogP contribution < -0.4 is 0 Å². The summed E-state index contributed by atoms with van der Waals surface area (Å²) in [5.41, 5.74) is 3.10.